The minimum atomic E-state index is -0.417. The van der Waals surface area contributed by atoms with Crippen molar-refractivity contribution in [3.8, 4) is 5.75 Å². The summed E-state index contributed by atoms with van der Waals surface area (Å²) >= 11 is 0. The molecule has 1 atom stereocenters. The summed E-state index contributed by atoms with van der Waals surface area (Å²) in [6, 6.07) is 28.9. The highest BCUT2D eigenvalue weighted by atomic mass is 16.6. The van der Waals surface area contributed by atoms with Gasteiger partial charge in [-0.05, 0) is 39.9 Å². The highest BCUT2D eigenvalue weighted by Crippen LogP contribution is 2.42. The molecule has 1 aliphatic rings. The number of phenols is 1. The van der Waals surface area contributed by atoms with Crippen LogP contribution in [0.3, 0.4) is 0 Å². The van der Waals surface area contributed by atoms with Crippen LogP contribution in [-0.2, 0) is 17.8 Å². The van der Waals surface area contributed by atoms with Gasteiger partial charge in [0, 0.05) is 12.1 Å². The number of ether oxygens (including phenoxy) is 1. The average Bonchev–Trinajstić information content (AvgIpc) is 2.83. The molecule has 0 fully saturated rings. The average molecular weight is 409 g/mol. The molecule has 4 aromatic carbocycles. The van der Waals surface area contributed by atoms with Crippen molar-refractivity contribution < 1.29 is 14.6 Å². The lowest BCUT2D eigenvalue weighted by molar-refractivity contribution is 0.0836. The Kier molecular flexibility index (Phi) is 5.04. The number of amides is 1. The number of hydrogen-bond donors (Lipinski definition) is 1. The highest BCUT2D eigenvalue weighted by molar-refractivity contribution is 5.89. The van der Waals surface area contributed by atoms with Crippen molar-refractivity contribution >= 4 is 16.9 Å². The minimum Gasteiger partial charge on any atom is -0.508 e. The monoisotopic (exact) mass is 409 g/mol. The molecule has 4 aromatic rings. The molecule has 0 spiro atoms. The Balaban J connectivity index is 1.58. The van der Waals surface area contributed by atoms with Gasteiger partial charge in [-0.15, -0.1) is 0 Å². The van der Waals surface area contributed by atoms with Gasteiger partial charge >= 0.3 is 6.09 Å². The summed E-state index contributed by atoms with van der Waals surface area (Å²) in [5.41, 5.74) is 3.89. The molecule has 0 bridgehead atoms. The van der Waals surface area contributed by atoms with Gasteiger partial charge in [0.25, 0.3) is 0 Å². The maximum absolute atomic E-state index is 13.2. The van der Waals surface area contributed by atoms with E-state index < -0.39 is 6.04 Å². The van der Waals surface area contributed by atoms with Gasteiger partial charge < -0.3 is 9.84 Å². The minimum absolute atomic E-state index is 0.182. The van der Waals surface area contributed by atoms with Crippen molar-refractivity contribution in [2.45, 2.75) is 19.1 Å². The van der Waals surface area contributed by atoms with Crippen LogP contribution >= 0.6 is 0 Å². The van der Waals surface area contributed by atoms with Crippen molar-refractivity contribution in [3.63, 3.8) is 0 Å². The molecule has 1 aliphatic heterocycles. The van der Waals surface area contributed by atoms with Crippen molar-refractivity contribution in [1.29, 1.82) is 0 Å². The first-order valence-electron chi connectivity index (χ1n) is 10.5. The van der Waals surface area contributed by atoms with Crippen molar-refractivity contribution in [1.82, 2.24) is 4.90 Å². The number of benzene rings is 4. The van der Waals surface area contributed by atoms with Crippen LogP contribution in [0.5, 0.6) is 5.75 Å². The molecule has 0 saturated carbocycles. The summed E-state index contributed by atoms with van der Waals surface area (Å²) in [7, 11) is 0. The molecular formula is C27H23NO3. The van der Waals surface area contributed by atoms with Gasteiger partial charge in [0.2, 0.25) is 0 Å². The standard InChI is InChI=1S/C27H23NO3/c29-24-15-14-20-10-4-6-12-22(20)25(24)26-23-13-7-5-11-21(23)16-17-28(26)27(30)31-18-19-8-2-1-3-9-19/h1-15,26,29H,16-18H2. The summed E-state index contributed by atoms with van der Waals surface area (Å²) in [5.74, 6) is 0.182. The SMILES string of the molecule is O=C(OCc1ccccc1)N1CCc2ccccc2C1c1c(O)ccc2ccccc12. The second-order valence-corrected chi connectivity index (χ2v) is 7.80. The molecule has 154 valence electrons. The fourth-order valence-corrected chi connectivity index (χ4v) is 4.45. The van der Waals surface area contributed by atoms with Gasteiger partial charge in [-0.2, -0.15) is 0 Å². The normalized spacial score (nSPS) is 15.5. The summed E-state index contributed by atoms with van der Waals surface area (Å²) in [6.45, 7) is 0.740. The predicted molar refractivity (Wildman–Crippen MR) is 121 cm³/mol. The van der Waals surface area contributed by atoms with E-state index in [4.69, 9.17) is 4.74 Å². The Hall–Kier alpha value is -3.79. The van der Waals surface area contributed by atoms with Gasteiger partial charge in [0.1, 0.15) is 12.4 Å². The third kappa shape index (κ3) is 3.61. The Morgan fingerprint density at radius 1 is 0.903 bits per heavy atom. The second kappa shape index (κ2) is 8.15. The zero-order valence-corrected chi connectivity index (χ0v) is 17.1. The van der Waals surface area contributed by atoms with Crippen molar-refractivity contribution in [2.24, 2.45) is 0 Å². The van der Waals surface area contributed by atoms with Crippen LogP contribution in [0.15, 0.2) is 91.0 Å². The van der Waals surface area contributed by atoms with Crippen LogP contribution < -0.4 is 0 Å². The number of hydrogen-bond acceptors (Lipinski definition) is 3. The van der Waals surface area contributed by atoms with E-state index in [-0.39, 0.29) is 18.4 Å². The molecule has 1 unspecified atom stereocenters. The van der Waals surface area contributed by atoms with E-state index >= 15 is 0 Å². The van der Waals surface area contributed by atoms with Gasteiger partial charge in [-0.25, -0.2) is 4.79 Å². The summed E-state index contributed by atoms with van der Waals surface area (Å²) in [6.07, 6.45) is 0.370. The van der Waals surface area contributed by atoms with E-state index in [1.807, 2.05) is 78.9 Å². The van der Waals surface area contributed by atoms with Crippen LogP contribution in [0.2, 0.25) is 0 Å². The molecule has 5 rings (SSSR count). The van der Waals surface area contributed by atoms with E-state index in [1.54, 1.807) is 11.0 Å². The Bertz CT molecular complexity index is 1240. The first kappa shape index (κ1) is 19.2. The molecule has 31 heavy (non-hydrogen) atoms. The first-order chi connectivity index (χ1) is 15.2. The zero-order valence-electron chi connectivity index (χ0n) is 17.1. The zero-order chi connectivity index (χ0) is 21.2. The van der Waals surface area contributed by atoms with Gasteiger partial charge in [0.15, 0.2) is 0 Å². The van der Waals surface area contributed by atoms with Crippen LogP contribution in [0.25, 0.3) is 10.8 Å². The summed E-state index contributed by atoms with van der Waals surface area (Å²) < 4.78 is 5.69. The lowest BCUT2D eigenvalue weighted by atomic mass is 9.86. The lowest BCUT2D eigenvalue weighted by Gasteiger charge is -2.37. The van der Waals surface area contributed by atoms with E-state index in [0.29, 0.717) is 6.54 Å². The Morgan fingerprint density at radius 2 is 1.65 bits per heavy atom. The molecule has 1 heterocycles. The molecule has 4 nitrogen and oxygen atoms in total. The summed E-state index contributed by atoms with van der Waals surface area (Å²) in [4.78, 5) is 15.0. The Morgan fingerprint density at radius 3 is 2.52 bits per heavy atom. The lowest BCUT2D eigenvalue weighted by Crippen LogP contribution is -2.41. The van der Waals surface area contributed by atoms with Gasteiger partial charge in [-0.3, -0.25) is 4.90 Å². The highest BCUT2D eigenvalue weighted by Gasteiger charge is 2.35. The van der Waals surface area contributed by atoms with E-state index in [2.05, 4.69) is 6.07 Å². The number of nitrogens with zero attached hydrogens (tertiary/aromatic N) is 1. The fraction of sp³-hybridized carbons (Fsp3) is 0.148. The topological polar surface area (TPSA) is 49.8 Å². The quantitative estimate of drug-likeness (QED) is 0.463. The molecule has 0 radical (unpaired) electrons. The number of carbonyl (C=O) groups is 1. The first-order valence-corrected chi connectivity index (χ1v) is 10.5. The maximum Gasteiger partial charge on any atom is 0.410 e. The second-order valence-electron chi connectivity index (χ2n) is 7.80. The molecule has 0 aliphatic carbocycles. The molecule has 1 N–H and O–H groups in total. The van der Waals surface area contributed by atoms with Crippen LogP contribution in [-0.4, -0.2) is 22.6 Å². The molecular weight excluding hydrogens is 386 g/mol. The smallest absolute Gasteiger partial charge is 0.410 e. The third-order valence-corrected chi connectivity index (χ3v) is 5.94. The van der Waals surface area contributed by atoms with Gasteiger partial charge in [0.05, 0.1) is 6.04 Å². The number of carbonyl (C=O) groups excluding carboxylic acids is 1. The maximum atomic E-state index is 13.2. The number of phenolic OH excluding ortho intramolecular Hbond substituents is 1. The largest absolute Gasteiger partial charge is 0.508 e. The number of aromatic hydroxyl groups is 1. The van der Waals surface area contributed by atoms with Crippen LogP contribution in [0.1, 0.15) is 28.3 Å². The molecule has 0 saturated heterocycles. The number of fused-ring (bicyclic) bond motifs is 2. The Labute approximate surface area is 181 Å². The van der Waals surface area contributed by atoms with Gasteiger partial charge in [-0.1, -0.05) is 84.9 Å². The predicted octanol–water partition coefficient (Wildman–Crippen LogP) is 5.83. The molecule has 0 aromatic heterocycles. The van der Waals surface area contributed by atoms with Crippen LogP contribution in [0.4, 0.5) is 4.79 Å². The fourth-order valence-electron chi connectivity index (χ4n) is 4.45. The van der Waals surface area contributed by atoms with Crippen molar-refractivity contribution in [2.75, 3.05) is 6.54 Å². The third-order valence-electron chi connectivity index (χ3n) is 5.94. The van der Waals surface area contributed by atoms with E-state index in [1.165, 1.54) is 5.56 Å². The van der Waals surface area contributed by atoms with E-state index in [0.717, 1.165) is 33.9 Å². The summed E-state index contributed by atoms with van der Waals surface area (Å²) in [5, 5.41) is 12.9. The van der Waals surface area contributed by atoms with Crippen LogP contribution in [0, 0.1) is 0 Å². The molecule has 4 heteroatoms. The van der Waals surface area contributed by atoms with E-state index in [9.17, 15) is 9.90 Å². The van der Waals surface area contributed by atoms with Crippen molar-refractivity contribution in [3.05, 3.63) is 113 Å². The molecule has 1 amide bonds. The number of rotatable bonds is 3.